The number of hydrogen-bond donors (Lipinski definition) is 0. The molecular formula is C17H20N4. The number of benzene rings is 1. The Balaban J connectivity index is 2.06. The fourth-order valence-corrected chi connectivity index (χ4v) is 2.73. The summed E-state index contributed by atoms with van der Waals surface area (Å²) in [7, 11) is 2.00. The molecular weight excluding hydrogens is 260 g/mol. The first-order chi connectivity index (χ1) is 10.3. The second kappa shape index (κ2) is 5.95. The number of imidazole rings is 2. The molecule has 2 heterocycles. The molecule has 3 aromatic rings. The first-order valence-electron chi connectivity index (χ1n) is 7.36. The van der Waals surface area contributed by atoms with Crippen LogP contribution in [-0.4, -0.2) is 19.1 Å². The second-order valence-electron chi connectivity index (χ2n) is 5.24. The third kappa shape index (κ3) is 2.61. The van der Waals surface area contributed by atoms with E-state index < -0.39 is 0 Å². The lowest BCUT2D eigenvalue weighted by molar-refractivity contribution is 0.535. The Bertz CT molecular complexity index is 696. The predicted octanol–water partition coefficient (Wildman–Crippen LogP) is 3.67. The molecule has 0 spiro atoms. The lowest BCUT2D eigenvalue weighted by Gasteiger charge is -2.20. The number of hydrogen-bond acceptors (Lipinski definition) is 2. The lowest BCUT2D eigenvalue weighted by atomic mass is 10.0. The molecule has 0 saturated heterocycles. The van der Waals surface area contributed by atoms with E-state index in [0.29, 0.717) is 6.04 Å². The quantitative estimate of drug-likeness (QED) is 0.715. The third-order valence-corrected chi connectivity index (χ3v) is 3.77. The van der Waals surface area contributed by atoms with E-state index in [1.165, 1.54) is 5.56 Å². The van der Waals surface area contributed by atoms with Crippen molar-refractivity contribution in [1.29, 1.82) is 0 Å². The predicted molar refractivity (Wildman–Crippen MR) is 83.9 cm³/mol. The van der Waals surface area contributed by atoms with Gasteiger partial charge in [0.2, 0.25) is 0 Å². The van der Waals surface area contributed by atoms with E-state index in [-0.39, 0.29) is 0 Å². The maximum absolute atomic E-state index is 4.53. The zero-order chi connectivity index (χ0) is 14.7. The van der Waals surface area contributed by atoms with Gasteiger partial charge in [0, 0.05) is 31.8 Å². The van der Waals surface area contributed by atoms with Gasteiger partial charge >= 0.3 is 0 Å². The van der Waals surface area contributed by atoms with Gasteiger partial charge in [-0.05, 0) is 12.0 Å². The largest absolute Gasteiger partial charge is 0.331 e. The van der Waals surface area contributed by atoms with E-state index in [1.807, 2.05) is 30.2 Å². The summed E-state index contributed by atoms with van der Waals surface area (Å²) < 4.78 is 4.24. The standard InChI is InChI=1S/C17H20N4/c1-3-7-15(14-8-5-4-6-9-14)21-13-11-19-17(21)16-18-10-12-20(16)2/h4-6,8-13,15H,3,7H2,1-2H3/t15-/m1/s1. The van der Waals surface area contributed by atoms with Crippen molar-refractivity contribution in [2.45, 2.75) is 25.8 Å². The van der Waals surface area contributed by atoms with Gasteiger partial charge < -0.3 is 9.13 Å². The normalized spacial score (nSPS) is 12.5. The SMILES string of the molecule is CCC[C@H](c1ccccc1)n1ccnc1-c1nccn1C. The van der Waals surface area contributed by atoms with E-state index in [9.17, 15) is 0 Å². The molecule has 0 aliphatic carbocycles. The zero-order valence-corrected chi connectivity index (χ0v) is 12.5. The van der Waals surface area contributed by atoms with Crippen LogP contribution in [0.4, 0.5) is 0 Å². The van der Waals surface area contributed by atoms with Gasteiger partial charge in [-0.3, -0.25) is 0 Å². The summed E-state index contributed by atoms with van der Waals surface area (Å²) in [5, 5.41) is 0. The van der Waals surface area contributed by atoms with Crippen molar-refractivity contribution >= 4 is 0 Å². The first kappa shape index (κ1) is 13.6. The van der Waals surface area contributed by atoms with Crippen LogP contribution in [0.3, 0.4) is 0 Å². The summed E-state index contributed by atoms with van der Waals surface area (Å²) in [6.45, 7) is 2.22. The number of aryl methyl sites for hydroxylation is 1. The minimum atomic E-state index is 0.297. The van der Waals surface area contributed by atoms with Crippen LogP contribution in [0.25, 0.3) is 11.6 Å². The van der Waals surface area contributed by atoms with Crippen molar-refractivity contribution in [3.8, 4) is 11.6 Å². The molecule has 1 atom stereocenters. The maximum Gasteiger partial charge on any atom is 0.176 e. The van der Waals surface area contributed by atoms with Crippen molar-refractivity contribution < 1.29 is 0 Å². The van der Waals surface area contributed by atoms with Crippen LogP contribution in [0.1, 0.15) is 31.4 Å². The molecule has 0 aliphatic heterocycles. The highest BCUT2D eigenvalue weighted by Crippen LogP contribution is 2.28. The molecule has 3 rings (SSSR count). The van der Waals surface area contributed by atoms with Crippen LogP contribution in [0, 0.1) is 0 Å². The van der Waals surface area contributed by atoms with Crippen LogP contribution in [0.5, 0.6) is 0 Å². The summed E-state index contributed by atoms with van der Waals surface area (Å²) in [4.78, 5) is 8.96. The van der Waals surface area contributed by atoms with Gasteiger partial charge in [0.15, 0.2) is 11.6 Å². The third-order valence-electron chi connectivity index (χ3n) is 3.77. The van der Waals surface area contributed by atoms with Crippen molar-refractivity contribution in [2.75, 3.05) is 0 Å². The van der Waals surface area contributed by atoms with Crippen LogP contribution >= 0.6 is 0 Å². The second-order valence-corrected chi connectivity index (χ2v) is 5.24. The van der Waals surface area contributed by atoms with Crippen LogP contribution in [0.2, 0.25) is 0 Å². The summed E-state index contributed by atoms with van der Waals surface area (Å²) in [6, 6.07) is 10.9. The molecule has 0 radical (unpaired) electrons. The molecule has 0 fully saturated rings. The van der Waals surface area contributed by atoms with Crippen molar-refractivity contribution in [1.82, 2.24) is 19.1 Å². The summed E-state index contributed by atoms with van der Waals surface area (Å²) in [6.07, 6.45) is 9.87. The highest BCUT2D eigenvalue weighted by molar-refractivity contribution is 5.45. The summed E-state index contributed by atoms with van der Waals surface area (Å²) >= 11 is 0. The highest BCUT2D eigenvalue weighted by Gasteiger charge is 2.18. The van der Waals surface area contributed by atoms with Crippen molar-refractivity contribution in [3.63, 3.8) is 0 Å². The van der Waals surface area contributed by atoms with Crippen molar-refractivity contribution in [2.24, 2.45) is 7.05 Å². The van der Waals surface area contributed by atoms with Gasteiger partial charge in [-0.25, -0.2) is 9.97 Å². The molecule has 4 nitrogen and oxygen atoms in total. The molecule has 1 aromatic carbocycles. The van der Waals surface area contributed by atoms with E-state index in [1.54, 1.807) is 0 Å². The van der Waals surface area contributed by atoms with Gasteiger partial charge in [0.25, 0.3) is 0 Å². The monoisotopic (exact) mass is 280 g/mol. The fourth-order valence-electron chi connectivity index (χ4n) is 2.73. The van der Waals surface area contributed by atoms with Gasteiger partial charge in [-0.15, -0.1) is 0 Å². The Hall–Kier alpha value is -2.36. The Morgan fingerprint density at radius 3 is 2.38 bits per heavy atom. The number of aromatic nitrogens is 4. The maximum atomic E-state index is 4.53. The van der Waals surface area contributed by atoms with Gasteiger partial charge in [0.05, 0.1) is 6.04 Å². The number of rotatable bonds is 5. The Kier molecular flexibility index (Phi) is 3.86. The summed E-state index contributed by atoms with van der Waals surface area (Å²) in [5.74, 6) is 1.82. The molecule has 0 unspecified atom stereocenters. The molecule has 0 saturated carbocycles. The minimum Gasteiger partial charge on any atom is -0.331 e. The molecule has 2 aromatic heterocycles. The van der Waals surface area contributed by atoms with Crippen LogP contribution in [0.15, 0.2) is 55.1 Å². The zero-order valence-electron chi connectivity index (χ0n) is 12.5. The topological polar surface area (TPSA) is 35.6 Å². The Morgan fingerprint density at radius 1 is 1.00 bits per heavy atom. The fraction of sp³-hybridized carbons (Fsp3) is 0.294. The van der Waals surface area contributed by atoms with Crippen LogP contribution in [-0.2, 0) is 7.05 Å². The highest BCUT2D eigenvalue weighted by atomic mass is 15.2. The molecule has 0 amide bonds. The average Bonchev–Trinajstić information content (AvgIpc) is 3.14. The van der Waals surface area contributed by atoms with Crippen LogP contribution < -0.4 is 0 Å². The van der Waals surface area contributed by atoms with Gasteiger partial charge in [-0.1, -0.05) is 43.7 Å². The molecule has 0 aliphatic rings. The first-order valence-corrected chi connectivity index (χ1v) is 7.36. The smallest absolute Gasteiger partial charge is 0.176 e. The van der Waals surface area contributed by atoms with E-state index >= 15 is 0 Å². The van der Waals surface area contributed by atoms with Crippen molar-refractivity contribution in [3.05, 3.63) is 60.7 Å². The van der Waals surface area contributed by atoms with E-state index in [2.05, 4.69) is 58.0 Å². The molecule has 0 N–H and O–H groups in total. The molecule has 4 heteroatoms. The molecule has 21 heavy (non-hydrogen) atoms. The van der Waals surface area contributed by atoms with E-state index in [4.69, 9.17) is 0 Å². The summed E-state index contributed by atoms with van der Waals surface area (Å²) in [5.41, 5.74) is 1.31. The lowest BCUT2D eigenvalue weighted by Crippen LogP contribution is -2.12. The molecule has 0 bridgehead atoms. The number of nitrogens with zero attached hydrogens (tertiary/aromatic N) is 4. The Morgan fingerprint density at radius 2 is 1.71 bits per heavy atom. The van der Waals surface area contributed by atoms with E-state index in [0.717, 1.165) is 24.5 Å². The van der Waals surface area contributed by atoms with Gasteiger partial charge in [-0.2, -0.15) is 0 Å². The average molecular weight is 280 g/mol. The Labute approximate surface area is 125 Å². The molecule has 108 valence electrons. The van der Waals surface area contributed by atoms with Gasteiger partial charge in [0.1, 0.15) is 0 Å². The minimum absolute atomic E-state index is 0.297.